The molecule has 0 unspecified atom stereocenters. The topological polar surface area (TPSA) is 54.0 Å². The van der Waals surface area contributed by atoms with E-state index in [1.807, 2.05) is 36.0 Å². The number of hydrogen-bond acceptors (Lipinski definition) is 4. The van der Waals surface area contributed by atoms with Gasteiger partial charge in [0.2, 0.25) is 5.91 Å². The van der Waals surface area contributed by atoms with Gasteiger partial charge in [0.15, 0.2) is 0 Å². The fraction of sp³-hybridized carbons (Fsp3) is 0.167. The molecule has 0 aliphatic rings. The third-order valence-electron chi connectivity index (χ3n) is 2.13. The lowest BCUT2D eigenvalue weighted by atomic mass is 10.2. The van der Waals surface area contributed by atoms with Crippen molar-refractivity contribution < 1.29 is 4.79 Å². The molecule has 2 rings (SSSR count). The molecular weight excluding hydrogens is 234 g/mol. The van der Waals surface area contributed by atoms with Crippen LogP contribution in [0.25, 0.3) is 0 Å². The molecule has 0 saturated carbocycles. The van der Waals surface area contributed by atoms with E-state index < -0.39 is 0 Å². The van der Waals surface area contributed by atoms with Gasteiger partial charge in [0.05, 0.1) is 12.1 Å². The molecule has 2 aromatic rings. The van der Waals surface area contributed by atoms with E-state index in [1.54, 1.807) is 11.3 Å². The second-order valence-electron chi connectivity index (χ2n) is 3.58. The maximum absolute atomic E-state index is 10.9. The van der Waals surface area contributed by atoms with Gasteiger partial charge in [-0.2, -0.15) is 0 Å². The number of thiazole rings is 1. The van der Waals surface area contributed by atoms with E-state index in [-0.39, 0.29) is 5.91 Å². The maximum Gasteiger partial charge on any atom is 0.221 e. The van der Waals surface area contributed by atoms with Gasteiger partial charge in [-0.05, 0) is 18.2 Å². The van der Waals surface area contributed by atoms with Crippen molar-refractivity contribution in [1.29, 1.82) is 0 Å². The normalized spacial score (nSPS) is 9.94. The molecule has 0 aliphatic heterocycles. The third-order valence-corrected chi connectivity index (χ3v) is 2.91. The fourth-order valence-corrected chi connectivity index (χ4v) is 1.96. The van der Waals surface area contributed by atoms with E-state index >= 15 is 0 Å². The minimum atomic E-state index is -0.0652. The Hall–Kier alpha value is -1.88. The summed E-state index contributed by atoms with van der Waals surface area (Å²) in [7, 11) is 0. The van der Waals surface area contributed by atoms with Crippen molar-refractivity contribution in [2.75, 3.05) is 10.6 Å². The van der Waals surface area contributed by atoms with Gasteiger partial charge in [-0.15, -0.1) is 11.3 Å². The SMILES string of the molecule is CC(=O)Nc1cccc(NCc2cncs2)c1. The average Bonchev–Trinajstić information content (AvgIpc) is 2.79. The van der Waals surface area contributed by atoms with Crippen LogP contribution >= 0.6 is 11.3 Å². The summed E-state index contributed by atoms with van der Waals surface area (Å²) in [5.74, 6) is -0.0652. The Balaban J connectivity index is 1.98. The number of aromatic nitrogens is 1. The minimum absolute atomic E-state index is 0.0652. The number of rotatable bonds is 4. The number of carbonyl (C=O) groups excluding carboxylic acids is 1. The zero-order valence-electron chi connectivity index (χ0n) is 9.43. The van der Waals surface area contributed by atoms with E-state index in [0.717, 1.165) is 17.9 Å². The Bertz CT molecular complexity index is 496. The van der Waals surface area contributed by atoms with Crippen molar-refractivity contribution in [3.05, 3.63) is 40.8 Å². The zero-order chi connectivity index (χ0) is 12.1. The standard InChI is InChI=1S/C12H13N3OS/c1-9(16)15-11-4-2-3-10(5-11)14-7-12-6-13-8-17-12/h2-6,8,14H,7H2,1H3,(H,15,16). The third kappa shape index (κ3) is 3.57. The molecule has 1 aromatic carbocycles. The molecule has 17 heavy (non-hydrogen) atoms. The molecule has 0 aliphatic carbocycles. The second kappa shape index (κ2) is 5.45. The number of nitrogens with one attached hydrogen (secondary N) is 2. The van der Waals surface area contributed by atoms with Crippen LogP contribution in [0, 0.1) is 0 Å². The molecule has 88 valence electrons. The molecule has 2 N–H and O–H groups in total. The summed E-state index contributed by atoms with van der Waals surface area (Å²) in [5.41, 5.74) is 3.58. The summed E-state index contributed by atoms with van der Waals surface area (Å²) in [6.07, 6.45) is 1.84. The molecule has 4 nitrogen and oxygen atoms in total. The number of carbonyl (C=O) groups is 1. The van der Waals surface area contributed by atoms with E-state index in [4.69, 9.17) is 0 Å². The van der Waals surface area contributed by atoms with Gasteiger partial charge in [-0.1, -0.05) is 6.07 Å². The van der Waals surface area contributed by atoms with E-state index in [2.05, 4.69) is 15.6 Å². The van der Waals surface area contributed by atoms with E-state index in [0.29, 0.717) is 0 Å². The molecule has 0 atom stereocenters. The number of nitrogens with zero attached hydrogens (tertiary/aromatic N) is 1. The maximum atomic E-state index is 10.9. The molecule has 1 aromatic heterocycles. The van der Waals surface area contributed by atoms with Crippen LogP contribution in [0.1, 0.15) is 11.8 Å². The predicted octanol–water partition coefficient (Wildman–Crippen LogP) is 2.71. The summed E-state index contributed by atoms with van der Waals surface area (Å²) in [6.45, 7) is 2.24. The van der Waals surface area contributed by atoms with Crippen molar-refractivity contribution in [2.45, 2.75) is 13.5 Å². The lowest BCUT2D eigenvalue weighted by molar-refractivity contribution is -0.114. The minimum Gasteiger partial charge on any atom is -0.380 e. The van der Waals surface area contributed by atoms with E-state index in [1.165, 1.54) is 11.8 Å². The highest BCUT2D eigenvalue weighted by molar-refractivity contribution is 7.09. The first kappa shape index (κ1) is 11.6. The van der Waals surface area contributed by atoms with Gasteiger partial charge in [0, 0.05) is 29.4 Å². The predicted molar refractivity (Wildman–Crippen MR) is 70.2 cm³/mol. The van der Waals surface area contributed by atoms with Gasteiger partial charge in [-0.25, -0.2) is 0 Å². The molecule has 0 fully saturated rings. The lowest BCUT2D eigenvalue weighted by Crippen LogP contribution is -2.06. The Morgan fingerprint density at radius 3 is 2.94 bits per heavy atom. The van der Waals surface area contributed by atoms with Crippen molar-refractivity contribution in [3.63, 3.8) is 0 Å². The zero-order valence-corrected chi connectivity index (χ0v) is 10.3. The Morgan fingerprint density at radius 1 is 1.41 bits per heavy atom. The highest BCUT2D eigenvalue weighted by Gasteiger charge is 1.98. The molecule has 0 bridgehead atoms. The van der Waals surface area contributed by atoms with E-state index in [9.17, 15) is 4.79 Å². The summed E-state index contributed by atoms with van der Waals surface area (Å²) >= 11 is 1.61. The smallest absolute Gasteiger partial charge is 0.221 e. The molecule has 1 heterocycles. The molecule has 0 spiro atoms. The van der Waals surface area contributed by atoms with Crippen molar-refractivity contribution in [3.8, 4) is 0 Å². The second-order valence-corrected chi connectivity index (χ2v) is 4.55. The highest BCUT2D eigenvalue weighted by Crippen LogP contribution is 2.16. The molecule has 5 heteroatoms. The van der Waals surface area contributed by atoms with Crippen LogP contribution in [0.3, 0.4) is 0 Å². The highest BCUT2D eigenvalue weighted by atomic mass is 32.1. The summed E-state index contributed by atoms with van der Waals surface area (Å²) < 4.78 is 0. The van der Waals surface area contributed by atoms with Crippen LogP contribution in [0.15, 0.2) is 36.0 Å². The first-order chi connectivity index (χ1) is 8.24. The van der Waals surface area contributed by atoms with Crippen molar-refractivity contribution in [1.82, 2.24) is 4.98 Å². The number of hydrogen-bond donors (Lipinski definition) is 2. The number of benzene rings is 1. The van der Waals surface area contributed by atoms with Crippen molar-refractivity contribution >= 4 is 28.6 Å². The average molecular weight is 247 g/mol. The van der Waals surface area contributed by atoms with Crippen LogP contribution in [0.2, 0.25) is 0 Å². The lowest BCUT2D eigenvalue weighted by Gasteiger charge is -2.07. The van der Waals surface area contributed by atoms with Crippen LogP contribution in [-0.2, 0) is 11.3 Å². The van der Waals surface area contributed by atoms with Gasteiger partial charge in [-0.3, -0.25) is 9.78 Å². The fourth-order valence-electron chi connectivity index (χ4n) is 1.43. The van der Waals surface area contributed by atoms with Crippen LogP contribution in [0.5, 0.6) is 0 Å². The molecule has 1 amide bonds. The van der Waals surface area contributed by atoms with Gasteiger partial charge in [0.25, 0.3) is 0 Å². The van der Waals surface area contributed by atoms with Crippen LogP contribution < -0.4 is 10.6 Å². The van der Waals surface area contributed by atoms with Gasteiger partial charge >= 0.3 is 0 Å². The van der Waals surface area contributed by atoms with Crippen molar-refractivity contribution in [2.24, 2.45) is 0 Å². The first-order valence-electron chi connectivity index (χ1n) is 5.23. The Kier molecular flexibility index (Phi) is 3.72. The summed E-state index contributed by atoms with van der Waals surface area (Å²) in [6, 6.07) is 7.63. The molecule has 0 radical (unpaired) electrons. The van der Waals surface area contributed by atoms with Crippen LogP contribution in [-0.4, -0.2) is 10.9 Å². The first-order valence-corrected chi connectivity index (χ1v) is 6.11. The van der Waals surface area contributed by atoms with Gasteiger partial charge < -0.3 is 10.6 Å². The monoisotopic (exact) mass is 247 g/mol. The molecular formula is C12H13N3OS. The quantitative estimate of drug-likeness (QED) is 0.873. The molecule has 0 saturated heterocycles. The number of amides is 1. The van der Waals surface area contributed by atoms with Gasteiger partial charge in [0.1, 0.15) is 0 Å². The Morgan fingerprint density at radius 2 is 2.24 bits per heavy atom. The summed E-state index contributed by atoms with van der Waals surface area (Å²) in [5, 5.41) is 6.03. The number of anilines is 2. The summed E-state index contributed by atoms with van der Waals surface area (Å²) in [4.78, 5) is 16.1. The van der Waals surface area contributed by atoms with Crippen LogP contribution in [0.4, 0.5) is 11.4 Å². The largest absolute Gasteiger partial charge is 0.380 e. The Labute approximate surface area is 104 Å².